The maximum atomic E-state index is 13.8. The third-order valence-electron chi connectivity index (χ3n) is 3.14. The highest BCUT2D eigenvalue weighted by Crippen LogP contribution is 2.32. The molecule has 0 fully saturated rings. The Labute approximate surface area is 108 Å². The highest BCUT2D eigenvalue weighted by molar-refractivity contribution is 5.91. The zero-order chi connectivity index (χ0) is 13.6. The van der Waals surface area contributed by atoms with Gasteiger partial charge in [0.05, 0.1) is 11.7 Å². The molecule has 0 unspecified atom stereocenters. The van der Waals surface area contributed by atoms with Gasteiger partial charge in [-0.2, -0.15) is 5.10 Å². The van der Waals surface area contributed by atoms with Crippen LogP contribution < -0.4 is 5.73 Å². The van der Waals surface area contributed by atoms with E-state index in [9.17, 15) is 8.78 Å². The lowest BCUT2D eigenvalue weighted by atomic mass is 10.0. The zero-order valence-corrected chi connectivity index (χ0v) is 10.2. The third-order valence-corrected chi connectivity index (χ3v) is 3.14. The molecule has 2 aromatic carbocycles. The van der Waals surface area contributed by atoms with Crippen molar-refractivity contribution < 1.29 is 8.78 Å². The fourth-order valence-electron chi connectivity index (χ4n) is 2.15. The standard InChI is InChI=1S/C14H11F2N3/c1-19-14-6-11(13(17)4-8(14)7-18-19)10-5-9(15)2-3-12(10)16/h2-7H,17H2,1H3. The number of hydrogen-bond acceptors (Lipinski definition) is 2. The number of hydrogen-bond donors (Lipinski definition) is 1. The monoisotopic (exact) mass is 259 g/mol. The highest BCUT2D eigenvalue weighted by Gasteiger charge is 2.12. The molecule has 0 saturated heterocycles. The molecule has 3 rings (SSSR count). The average molecular weight is 259 g/mol. The number of nitrogens with two attached hydrogens (primary N) is 1. The van der Waals surface area contributed by atoms with Crippen LogP contribution in [0.25, 0.3) is 22.0 Å². The van der Waals surface area contributed by atoms with E-state index >= 15 is 0 Å². The second kappa shape index (κ2) is 4.05. The molecule has 1 aromatic heterocycles. The molecule has 5 heteroatoms. The number of fused-ring (bicyclic) bond motifs is 1. The van der Waals surface area contributed by atoms with Crippen molar-refractivity contribution in [2.24, 2.45) is 7.05 Å². The lowest BCUT2D eigenvalue weighted by Crippen LogP contribution is -1.95. The molecule has 2 N–H and O–H groups in total. The number of nitrogen functional groups attached to an aromatic ring is 1. The van der Waals surface area contributed by atoms with Crippen LogP contribution in [0.5, 0.6) is 0 Å². The molecule has 96 valence electrons. The van der Waals surface area contributed by atoms with Crippen molar-refractivity contribution in [1.82, 2.24) is 9.78 Å². The van der Waals surface area contributed by atoms with Crippen molar-refractivity contribution in [2.45, 2.75) is 0 Å². The molecule has 0 atom stereocenters. The summed E-state index contributed by atoms with van der Waals surface area (Å²) in [4.78, 5) is 0. The molecular formula is C14H11F2N3. The minimum Gasteiger partial charge on any atom is -0.398 e. The van der Waals surface area contributed by atoms with Gasteiger partial charge in [-0.3, -0.25) is 4.68 Å². The van der Waals surface area contributed by atoms with Crippen molar-refractivity contribution in [1.29, 1.82) is 0 Å². The van der Waals surface area contributed by atoms with Gasteiger partial charge in [-0.05, 0) is 30.3 Å². The Bertz CT molecular complexity index is 778. The van der Waals surface area contributed by atoms with Crippen LogP contribution in [0.1, 0.15) is 0 Å². The van der Waals surface area contributed by atoms with Crippen LogP contribution in [0.2, 0.25) is 0 Å². The number of anilines is 1. The summed E-state index contributed by atoms with van der Waals surface area (Å²) in [7, 11) is 1.78. The molecule has 3 aromatic rings. The van der Waals surface area contributed by atoms with Crippen molar-refractivity contribution in [3.05, 3.63) is 48.2 Å². The SMILES string of the molecule is Cn1ncc2cc(N)c(-c3cc(F)ccc3F)cc21. The zero-order valence-electron chi connectivity index (χ0n) is 10.2. The Morgan fingerprint density at radius 3 is 2.68 bits per heavy atom. The Balaban J connectivity index is 2.32. The summed E-state index contributed by atoms with van der Waals surface area (Å²) >= 11 is 0. The smallest absolute Gasteiger partial charge is 0.131 e. The van der Waals surface area contributed by atoms with Crippen LogP contribution >= 0.6 is 0 Å². The fourth-order valence-corrected chi connectivity index (χ4v) is 2.15. The second-order valence-corrected chi connectivity index (χ2v) is 4.39. The summed E-state index contributed by atoms with van der Waals surface area (Å²) in [5.74, 6) is -1.00. The van der Waals surface area contributed by atoms with E-state index < -0.39 is 11.6 Å². The van der Waals surface area contributed by atoms with Crippen LogP contribution in [0.3, 0.4) is 0 Å². The van der Waals surface area contributed by atoms with Crippen LogP contribution in [-0.2, 0) is 7.05 Å². The lowest BCUT2D eigenvalue weighted by Gasteiger charge is -2.08. The van der Waals surface area contributed by atoms with Gasteiger partial charge in [0.25, 0.3) is 0 Å². The Morgan fingerprint density at radius 2 is 1.89 bits per heavy atom. The predicted molar refractivity (Wildman–Crippen MR) is 70.5 cm³/mol. The van der Waals surface area contributed by atoms with Gasteiger partial charge in [0.15, 0.2) is 0 Å². The number of aromatic nitrogens is 2. The van der Waals surface area contributed by atoms with E-state index in [-0.39, 0.29) is 5.56 Å². The molecule has 0 aliphatic heterocycles. The fraction of sp³-hybridized carbons (Fsp3) is 0.0714. The van der Waals surface area contributed by atoms with Crippen molar-refractivity contribution in [3.8, 4) is 11.1 Å². The molecule has 0 spiro atoms. The normalized spacial score (nSPS) is 11.1. The molecule has 0 bridgehead atoms. The molecule has 0 aliphatic carbocycles. The Hall–Kier alpha value is -2.43. The number of rotatable bonds is 1. The lowest BCUT2D eigenvalue weighted by molar-refractivity contribution is 0.603. The number of benzene rings is 2. The molecule has 1 heterocycles. The third kappa shape index (κ3) is 1.83. The van der Waals surface area contributed by atoms with E-state index in [0.29, 0.717) is 11.3 Å². The second-order valence-electron chi connectivity index (χ2n) is 4.39. The van der Waals surface area contributed by atoms with E-state index in [1.54, 1.807) is 30.1 Å². The first-order valence-electron chi connectivity index (χ1n) is 5.73. The summed E-state index contributed by atoms with van der Waals surface area (Å²) in [6, 6.07) is 6.75. The Kier molecular flexibility index (Phi) is 2.48. The van der Waals surface area contributed by atoms with Gasteiger partial charge < -0.3 is 5.73 Å². The quantitative estimate of drug-likeness (QED) is 0.682. The summed E-state index contributed by atoms with van der Waals surface area (Å²) in [5, 5.41) is 4.97. The van der Waals surface area contributed by atoms with Gasteiger partial charge >= 0.3 is 0 Å². The van der Waals surface area contributed by atoms with Crippen LogP contribution in [0, 0.1) is 11.6 Å². The van der Waals surface area contributed by atoms with Crippen molar-refractivity contribution in [3.63, 3.8) is 0 Å². The van der Waals surface area contributed by atoms with Gasteiger partial charge in [0.2, 0.25) is 0 Å². The first kappa shape index (κ1) is 11.6. The van der Waals surface area contributed by atoms with Crippen LogP contribution in [0.15, 0.2) is 36.5 Å². The number of nitrogens with zero attached hydrogens (tertiary/aromatic N) is 2. The van der Waals surface area contributed by atoms with E-state index in [4.69, 9.17) is 5.73 Å². The van der Waals surface area contributed by atoms with Crippen LogP contribution in [-0.4, -0.2) is 9.78 Å². The van der Waals surface area contributed by atoms with Crippen molar-refractivity contribution in [2.75, 3.05) is 5.73 Å². The largest absolute Gasteiger partial charge is 0.398 e. The maximum absolute atomic E-state index is 13.8. The molecule has 0 radical (unpaired) electrons. The molecule has 3 nitrogen and oxygen atoms in total. The van der Waals surface area contributed by atoms with E-state index in [2.05, 4.69) is 5.10 Å². The van der Waals surface area contributed by atoms with Gasteiger partial charge in [0, 0.05) is 29.2 Å². The minimum atomic E-state index is -0.505. The minimum absolute atomic E-state index is 0.153. The summed E-state index contributed by atoms with van der Waals surface area (Å²) in [6.45, 7) is 0. The first-order valence-corrected chi connectivity index (χ1v) is 5.73. The van der Waals surface area contributed by atoms with E-state index in [1.165, 1.54) is 0 Å². The summed E-state index contributed by atoms with van der Waals surface area (Å²) in [6.07, 6.45) is 1.68. The summed E-state index contributed by atoms with van der Waals surface area (Å²) in [5.41, 5.74) is 7.75. The van der Waals surface area contributed by atoms with Gasteiger partial charge in [-0.25, -0.2) is 8.78 Å². The van der Waals surface area contributed by atoms with Crippen molar-refractivity contribution >= 4 is 16.6 Å². The van der Waals surface area contributed by atoms with Gasteiger partial charge in [-0.1, -0.05) is 0 Å². The molecular weight excluding hydrogens is 248 g/mol. The van der Waals surface area contributed by atoms with Crippen LogP contribution in [0.4, 0.5) is 14.5 Å². The van der Waals surface area contributed by atoms with Gasteiger partial charge in [-0.15, -0.1) is 0 Å². The molecule has 0 saturated carbocycles. The highest BCUT2D eigenvalue weighted by atomic mass is 19.1. The molecule has 19 heavy (non-hydrogen) atoms. The van der Waals surface area contributed by atoms with E-state index in [0.717, 1.165) is 29.1 Å². The topological polar surface area (TPSA) is 43.8 Å². The number of aryl methyl sites for hydroxylation is 1. The van der Waals surface area contributed by atoms with Gasteiger partial charge in [0.1, 0.15) is 11.6 Å². The molecule has 0 aliphatic rings. The Morgan fingerprint density at radius 1 is 1.11 bits per heavy atom. The predicted octanol–water partition coefficient (Wildman–Crippen LogP) is 3.10. The summed E-state index contributed by atoms with van der Waals surface area (Å²) < 4.78 is 28.8. The molecule has 0 amide bonds. The first-order chi connectivity index (χ1) is 9.06. The maximum Gasteiger partial charge on any atom is 0.131 e. The van der Waals surface area contributed by atoms with E-state index in [1.807, 2.05) is 0 Å². The average Bonchev–Trinajstić information content (AvgIpc) is 2.73. The number of halogens is 2.